The van der Waals surface area contributed by atoms with Crippen molar-refractivity contribution in [2.75, 3.05) is 4.90 Å². The summed E-state index contributed by atoms with van der Waals surface area (Å²) in [5.74, 6) is 0. The van der Waals surface area contributed by atoms with Gasteiger partial charge in [0.25, 0.3) is 0 Å². The Balaban J connectivity index is 1.000. The van der Waals surface area contributed by atoms with Crippen molar-refractivity contribution in [3.05, 3.63) is 243 Å². The number of para-hydroxylation sites is 1. The molecule has 0 spiro atoms. The molecule has 0 N–H and O–H groups in total. The van der Waals surface area contributed by atoms with Crippen LogP contribution < -0.4 is 4.90 Å². The number of nitrogens with zero attached hydrogens (tertiary/aromatic N) is 2. The summed E-state index contributed by atoms with van der Waals surface area (Å²) in [7, 11) is 0. The van der Waals surface area contributed by atoms with Crippen LogP contribution in [0.2, 0.25) is 0 Å². The highest BCUT2D eigenvalue weighted by atomic mass is 15.1. The van der Waals surface area contributed by atoms with Crippen LogP contribution in [0.5, 0.6) is 0 Å². The molecule has 11 rings (SSSR count). The zero-order chi connectivity index (χ0) is 42.4. The van der Waals surface area contributed by atoms with Crippen molar-refractivity contribution in [3.8, 4) is 50.2 Å². The lowest BCUT2D eigenvalue weighted by molar-refractivity contribution is 1.18. The number of hydrogen-bond donors (Lipinski definition) is 0. The summed E-state index contributed by atoms with van der Waals surface area (Å²) in [6.07, 6.45) is 0. The Morgan fingerprint density at radius 3 is 1.55 bits per heavy atom. The van der Waals surface area contributed by atoms with E-state index in [4.69, 9.17) is 2.74 Å². The van der Waals surface area contributed by atoms with Crippen LogP contribution in [0.25, 0.3) is 82.8 Å². The van der Waals surface area contributed by atoms with Crippen molar-refractivity contribution < 1.29 is 4.11 Å². The van der Waals surface area contributed by atoms with E-state index >= 15 is 0 Å². The molecule has 0 amide bonds. The summed E-state index contributed by atoms with van der Waals surface area (Å²) in [4.78, 5) is 2.28. The molecule has 282 valence electrons. The van der Waals surface area contributed by atoms with Gasteiger partial charge in [-0.05, 0) is 122 Å². The molecule has 1 heterocycles. The van der Waals surface area contributed by atoms with E-state index in [9.17, 15) is 1.37 Å². The van der Waals surface area contributed by atoms with E-state index in [1.54, 1.807) is 12.1 Å². The average molecular weight is 768 g/mol. The molecule has 0 aliphatic rings. The molecule has 0 aliphatic carbocycles. The molecule has 0 saturated carbocycles. The highest BCUT2D eigenvalue weighted by Crippen LogP contribution is 2.40. The van der Waals surface area contributed by atoms with Crippen molar-refractivity contribution in [1.82, 2.24) is 4.57 Å². The Bertz CT molecular complexity index is 3450. The lowest BCUT2D eigenvalue weighted by Gasteiger charge is -2.26. The van der Waals surface area contributed by atoms with E-state index in [1.807, 2.05) is 36.4 Å². The molecular weight excluding hydrogens is 725 g/mol. The first kappa shape index (κ1) is 32.1. The monoisotopic (exact) mass is 767 g/mol. The third-order valence-electron chi connectivity index (χ3n) is 11.6. The number of rotatable bonds is 8. The second kappa shape index (κ2) is 15.1. The van der Waals surface area contributed by atoms with Crippen LogP contribution in [-0.4, -0.2) is 4.57 Å². The highest BCUT2D eigenvalue weighted by molar-refractivity contribution is 6.10. The number of aromatic nitrogens is 1. The van der Waals surface area contributed by atoms with Crippen molar-refractivity contribution in [1.29, 1.82) is 0 Å². The van der Waals surface area contributed by atoms with Crippen LogP contribution in [0.4, 0.5) is 17.1 Å². The fourth-order valence-corrected chi connectivity index (χ4v) is 8.63. The lowest BCUT2D eigenvalue weighted by Crippen LogP contribution is -2.09. The molecular formula is C58H40N2. The molecule has 60 heavy (non-hydrogen) atoms. The quantitative estimate of drug-likeness (QED) is 0.149. The van der Waals surface area contributed by atoms with E-state index in [2.05, 4.69) is 185 Å². The minimum atomic E-state index is 0.162. The third kappa shape index (κ3) is 6.41. The van der Waals surface area contributed by atoms with Gasteiger partial charge in [-0.15, -0.1) is 0 Å². The van der Waals surface area contributed by atoms with Crippen molar-refractivity contribution in [2.45, 2.75) is 0 Å². The van der Waals surface area contributed by atoms with E-state index in [0.717, 1.165) is 77.9 Å². The summed E-state index contributed by atoms with van der Waals surface area (Å²) in [5, 5.41) is 4.26. The van der Waals surface area contributed by atoms with Crippen molar-refractivity contribution in [2.24, 2.45) is 0 Å². The standard InChI is InChI=1S/C58H40N2/c1-3-13-41(14-4-1)43-25-32-49(33-26-43)59(51-36-29-46(30-37-51)54-23-12-18-45-17-7-8-21-53(45)54)50-34-27-44(28-35-50)48-31-38-58-56(40-48)55-22-9-10-24-57(55)60(58)52-20-11-19-47(39-52)42-15-5-2-6-16-42/h1-40H/i9D,10D,31D. The topological polar surface area (TPSA) is 8.17 Å². The second-order valence-corrected chi connectivity index (χ2v) is 15.1. The van der Waals surface area contributed by atoms with Crippen LogP contribution in [-0.2, 0) is 0 Å². The number of anilines is 3. The van der Waals surface area contributed by atoms with Crippen LogP contribution in [0.3, 0.4) is 0 Å². The summed E-state index contributed by atoms with van der Waals surface area (Å²) >= 11 is 0. The van der Waals surface area contributed by atoms with Gasteiger partial charge in [0, 0.05) is 33.5 Å². The SMILES string of the molecule is [2H]c1cc2c3cc(-c4ccc(N(c5ccc(-c6ccccc6)cc5)c5ccc(-c6cccc7ccccc67)cc5)cc4)c([2H])cc3n(-c3cccc(-c4ccccc4)c3)c2cc1[2H]. The van der Waals surface area contributed by atoms with Gasteiger partial charge in [0.2, 0.25) is 0 Å². The fraction of sp³-hybridized carbons (Fsp3) is 0. The number of fused-ring (bicyclic) bond motifs is 4. The molecule has 0 fully saturated rings. The third-order valence-corrected chi connectivity index (χ3v) is 11.6. The van der Waals surface area contributed by atoms with E-state index in [1.165, 1.54) is 21.9 Å². The van der Waals surface area contributed by atoms with Gasteiger partial charge in [0.1, 0.15) is 0 Å². The Morgan fingerprint density at radius 1 is 0.333 bits per heavy atom. The maximum absolute atomic E-state index is 9.43. The molecule has 2 nitrogen and oxygen atoms in total. The number of hydrogen-bond acceptors (Lipinski definition) is 1. The Morgan fingerprint density at radius 2 is 0.850 bits per heavy atom. The van der Waals surface area contributed by atoms with Gasteiger partial charge < -0.3 is 9.47 Å². The normalized spacial score (nSPS) is 12.0. The highest BCUT2D eigenvalue weighted by Gasteiger charge is 2.17. The maximum atomic E-state index is 9.43. The zero-order valence-corrected chi connectivity index (χ0v) is 32.8. The van der Waals surface area contributed by atoms with Crippen LogP contribution >= 0.6 is 0 Å². The molecule has 0 radical (unpaired) electrons. The zero-order valence-electron chi connectivity index (χ0n) is 35.8. The van der Waals surface area contributed by atoms with Crippen LogP contribution in [0.1, 0.15) is 4.11 Å². The van der Waals surface area contributed by atoms with E-state index in [0.29, 0.717) is 6.04 Å². The molecule has 10 aromatic carbocycles. The fourth-order valence-electron chi connectivity index (χ4n) is 8.63. The molecule has 0 aliphatic heterocycles. The largest absolute Gasteiger partial charge is 0.311 e. The molecule has 2 heteroatoms. The predicted molar refractivity (Wildman–Crippen MR) is 255 cm³/mol. The second-order valence-electron chi connectivity index (χ2n) is 15.1. The molecule has 1 aromatic heterocycles. The number of benzene rings is 10. The van der Waals surface area contributed by atoms with Crippen molar-refractivity contribution >= 4 is 49.6 Å². The van der Waals surface area contributed by atoms with Gasteiger partial charge in [-0.25, -0.2) is 0 Å². The maximum Gasteiger partial charge on any atom is 0.0630 e. The Kier molecular flexibility index (Phi) is 8.07. The molecule has 11 aromatic rings. The smallest absolute Gasteiger partial charge is 0.0630 e. The summed E-state index contributed by atoms with van der Waals surface area (Å²) in [6.45, 7) is 0. The first-order valence-electron chi connectivity index (χ1n) is 21.8. The van der Waals surface area contributed by atoms with Gasteiger partial charge in [0.15, 0.2) is 0 Å². The van der Waals surface area contributed by atoms with E-state index < -0.39 is 0 Å². The summed E-state index contributed by atoms with van der Waals surface area (Å²) < 4.78 is 28.8. The molecule has 0 saturated heterocycles. The average Bonchev–Trinajstić information content (AvgIpc) is 3.63. The van der Waals surface area contributed by atoms with Gasteiger partial charge in [-0.2, -0.15) is 0 Å². The molecule has 0 bridgehead atoms. The molecule has 0 unspecified atom stereocenters. The van der Waals surface area contributed by atoms with Gasteiger partial charge in [-0.1, -0.05) is 176 Å². The first-order valence-corrected chi connectivity index (χ1v) is 20.3. The van der Waals surface area contributed by atoms with Gasteiger partial charge >= 0.3 is 0 Å². The Labute approximate surface area is 354 Å². The first-order chi connectivity index (χ1) is 31.0. The lowest BCUT2D eigenvalue weighted by atomic mass is 9.98. The summed E-state index contributed by atoms with van der Waals surface area (Å²) in [5.41, 5.74) is 14.3. The van der Waals surface area contributed by atoms with Crippen LogP contribution in [0.15, 0.2) is 243 Å². The van der Waals surface area contributed by atoms with E-state index in [-0.39, 0.29) is 12.1 Å². The van der Waals surface area contributed by atoms with Gasteiger partial charge in [0.05, 0.1) is 15.1 Å². The minimum Gasteiger partial charge on any atom is -0.311 e. The van der Waals surface area contributed by atoms with Gasteiger partial charge in [-0.3, -0.25) is 0 Å². The minimum absolute atomic E-state index is 0.162. The molecule has 0 atom stereocenters. The van der Waals surface area contributed by atoms with Crippen LogP contribution in [0, 0.1) is 0 Å². The Hall–Kier alpha value is -7.94. The van der Waals surface area contributed by atoms with Crippen molar-refractivity contribution in [3.63, 3.8) is 0 Å². The summed E-state index contributed by atoms with van der Waals surface area (Å²) in [6, 6.07) is 78.4. The predicted octanol–water partition coefficient (Wildman–Crippen LogP) is 16.1.